The van der Waals surface area contributed by atoms with Crippen molar-refractivity contribution in [2.45, 2.75) is 37.6 Å². The molecule has 2 amide bonds. The molecular weight excluding hydrogens is 536 g/mol. The number of anilines is 1. The molecule has 11 nitrogen and oxygen atoms in total. The second-order valence-corrected chi connectivity index (χ2v) is 10.2. The Labute approximate surface area is 227 Å². The van der Waals surface area contributed by atoms with Crippen LogP contribution in [0.25, 0.3) is 6.08 Å². The van der Waals surface area contributed by atoms with Gasteiger partial charge in [-0.15, -0.1) is 0 Å². The van der Waals surface area contributed by atoms with Gasteiger partial charge >= 0.3 is 0 Å². The molecule has 0 saturated carbocycles. The molecule has 2 saturated heterocycles. The Hall–Kier alpha value is -3.20. The van der Waals surface area contributed by atoms with Crippen LogP contribution in [0.3, 0.4) is 0 Å². The second-order valence-electron chi connectivity index (χ2n) is 8.49. The van der Waals surface area contributed by atoms with Crippen LogP contribution < -0.4 is 19.7 Å². The first-order chi connectivity index (χ1) is 18.1. The van der Waals surface area contributed by atoms with Gasteiger partial charge < -0.3 is 40.0 Å². The summed E-state index contributed by atoms with van der Waals surface area (Å²) in [6.45, 7) is 0.664. The number of hydrogen-bond acceptors (Lipinski definition) is 11. The maximum Gasteiger partial charge on any atom is 0.270 e. The summed E-state index contributed by atoms with van der Waals surface area (Å²) in [5.74, 6) is -0.265. The fourth-order valence-corrected chi connectivity index (χ4v) is 5.31. The van der Waals surface area contributed by atoms with Gasteiger partial charge in [-0.05, 0) is 48.0 Å². The van der Waals surface area contributed by atoms with E-state index in [1.165, 1.54) is 31.1 Å². The molecule has 2 aromatic carbocycles. The molecule has 2 aliphatic rings. The monoisotopic (exact) mass is 562 g/mol. The van der Waals surface area contributed by atoms with E-state index in [0.717, 1.165) is 11.8 Å². The SMILES string of the molecule is COc1cc(/C=C2\SC(=S)N(c3ccc(O)cc3)C2=O)ccc1O[C@@H]1O[C@H](CO)[C@@H](O)[C@H](O)[C@H]1NC(C)=O. The highest BCUT2D eigenvalue weighted by Crippen LogP contribution is 2.38. The van der Waals surface area contributed by atoms with E-state index in [9.17, 15) is 30.0 Å². The number of carbonyl (C=O) groups is 2. The van der Waals surface area contributed by atoms with Gasteiger partial charge in [-0.25, -0.2) is 0 Å². The number of methoxy groups -OCH3 is 1. The molecule has 4 rings (SSSR count). The molecule has 13 heteroatoms. The zero-order valence-electron chi connectivity index (χ0n) is 20.3. The van der Waals surface area contributed by atoms with Crippen LogP contribution >= 0.6 is 24.0 Å². The Morgan fingerprint density at radius 3 is 2.53 bits per heavy atom. The predicted molar refractivity (Wildman–Crippen MR) is 143 cm³/mol. The normalized spacial score (nSPS) is 26.5. The van der Waals surface area contributed by atoms with Gasteiger partial charge in [0.15, 0.2) is 15.8 Å². The number of aromatic hydroxyl groups is 1. The van der Waals surface area contributed by atoms with Crippen LogP contribution in [0.5, 0.6) is 17.2 Å². The van der Waals surface area contributed by atoms with Crippen molar-refractivity contribution in [1.82, 2.24) is 5.32 Å². The van der Waals surface area contributed by atoms with Crippen molar-refractivity contribution < 1.29 is 44.2 Å². The fraction of sp³-hybridized carbons (Fsp3) is 0.320. The molecule has 0 radical (unpaired) electrons. The van der Waals surface area contributed by atoms with Crippen LogP contribution in [-0.4, -0.2) is 80.9 Å². The minimum Gasteiger partial charge on any atom is -0.508 e. The zero-order chi connectivity index (χ0) is 27.6. The van der Waals surface area contributed by atoms with Crippen molar-refractivity contribution in [3.63, 3.8) is 0 Å². The number of phenolic OH excluding ortho intramolecular Hbond substituents is 1. The highest BCUT2D eigenvalue weighted by atomic mass is 32.2. The third-order valence-corrected chi connectivity index (χ3v) is 7.18. The van der Waals surface area contributed by atoms with E-state index >= 15 is 0 Å². The lowest BCUT2D eigenvalue weighted by atomic mass is 9.97. The number of nitrogens with one attached hydrogen (secondary N) is 1. The van der Waals surface area contributed by atoms with Crippen molar-refractivity contribution in [2.75, 3.05) is 18.6 Å². The van der Waals surface area contributed by atoms with E-state index < -0.39 is 43.2 Å². The molecule has 2 aromatic rings. The maximum absolute atomic E-state index is 13.0. The first-order valence-corrected chi connectivity index (χ1v) is 12.7. The third kappa shape index (κ3) is 5.77. The molecule has 0 aliphatic carbocycles. The highest BCUT2D eigenvalue weighted by molar-refractivity contribution is 8.27. The lowest BCUT2D eigenvalue weighted by molar-refractivity contribution is -0.244. The van der Waals surface area contributed by atoms with Gasteiger partial charge in [-0.3, -0.25) is 14.5 Å². The number of hydrogen-bond donors (Lipinski definition) is 5. The number of nitrogens with zero attached hydrogens (tertiary/aromatic N) is 1. The number of aliphatic hydroxyl groups excluding tert-OH is 3. The number of amides is 2. The number of aliphatic hydroxyl groups is 3. The quantitative estimate of drug-likeness (QED) is 0.243. The fourth-order valence-electron chi connectivity index (χ4n) is 4.01. The number of ether oxygens (including phenoxy) is 3. The summed E-state index contributed by atoms with van der Waals surface area (Å²) in [4.78, 5) is 26.5. The van der Waals surface area contributed by atoms with Gasteiger partial charge in [0, 0.05) is 6.92 Å². The van der Waals surface area contributed by atoms with Gasteiger partial charge in [-0.2, -0.15) is 0 Å². The average molecular weight is 563 g/mol. The van der Waals surface area contributed by atoms with E-state index in [1.54, 1.807) is 36.4 Å². The topological polar surface area (TPSA) is 158 Å². The number of thiocarbonyl (C=S) groups is 1. The third-order valence-electron chi connectivity index (χ3n) is 5.88. The zero-order valence-corrected chi connectivity index (χ0v) is 21.9. The van der Waals surface area contributed by atoms with Crippen molar-refractivity contribution in [1.29, 1.82) is 0 Å². The largest absolute Gasteiger partial charge is 0.508 e. The number of benzene rings is 2. The Kier molecular flexibility index (Phi) is 8.55. The number of carbonyl (C=O) groups excluding carboxylic acids is 2. The van der Waals surface area contributed by atoms with E-state index in [1.807, 2.05) is 0 Å². The van der Waals surface area contributed by atoms with Crippen molar-refractivity contribution in [3.8, 4) is 17.2 Å². The van der Waals surface area contributed by atoms with Crippen LogP contribution in [0, 0.1) is 0 Å². The molecule has 0 unspecified atom stereocenters. The van der Waals surface area contributed by atoms with E-state index in [-0.39, 0.29) is 23.2 Å². The van der Waals surface area contributed by atoms with Gasteiger partial charge in [0.2, 0.25) is 12.2 Å². The minimum absolute atomic E-state index is 0.0729. The molecule has 38 heavy (non-hydrogen) atoms. The molecule has 2 aliphatic heterocycles. The Morgan fingerprint density at radius 1 is 1.18 bits per heavy atom. The lowest BCUT2D eigenvalue weighted by Crippen LogP contribution is -2.65. The van der Waals surface area contributed by atoms with Crippen molar-refractivity contribution >= 4 is 51.9 Å². The van der Waals surface area contributed by atoms with Crippen LogP contribution in [-0.2, 0) is 14.3 Å². The summed E-state index contributed by atoms with van der Waals surface area (Å²) in [5.41, 5.74) is 1.14. The van der Waals surface area contributed by atoms with Crippen LogP contribution in [0.2, 0.25) is 0 Å². The summed E-state index contributed by atoms with van der Waals surface area (Å²) >= 11 is 6.51. The second kappa shape index (κ2) is 11.7. The number of thioether (sulfide) groups is 1. The summed E-state index contributed by atoms with van der Waals surface area (Å²) in [6.07, 6.45) is -3.65. The van der Waals surface area contributed by atoms with E-state index in [0.29, 0.717) is 20.5 Å². The maximum atomic E-state index is 13.0. The summed E-state index contributed by atoms with van der Waals surface area (Å²) in [7, 11) is 1.42. The summed E-state index contributed by atoms with van der Waals surface area (Å²) in [5, 5.41) is 42.2. The smallest absolute Gasteiger partial charge is 0.270 e. The Bertz CT molecular complexity index is 1250. The highest BCUT2D eigenvalue weighted by Gasteiger charge is 2.46. The van der Waals surface area contributed by atoms with Crippen molar-refractivity contribution in [3.05, 3.63) is 52.9 Å². The Balaban J connectivity index is 1.57. The average Bonchev–Trinajstić information content (AvgIpc) is 3.17. The molecule has 5 N–H and O–H groups in total. The van der Waals surface area contributed by atoms with E-state index in [2.05, 4.69) is 5.32 Å². The Morgan fingerprint density at radius 2 is 1.89 bits per heavy atom. The molecule has 0 spiro atoms. The first kappa shape index (κ1) is 27.8. The van der Waals surface area contributed by atoms with Gasteiger partial charge in [0.1, 0.15) is 30.1 Å². The standard InChI is InChI=1S/C25H26N2O9S2/c1-12(29)26-20-22(32)21(31)18(11-28)36-24(20)35-16-8-3-13(9-17(16)34-2)10-19-23(33)27(25(37)38-19)14-4-6-15(30)7-5-14/h3-10,18,20-22,24,28,30-32H,11H2,1-2H3,(H,26,29)/b19-10-/t18-,20-,21-,22-,24-/m1/s1. The molecule has 0 bridgehead atoms. The molecule has 2 fully saturated rings. The minimum atomic E-state index is -1.46. The summed E-state index contributed by atoms with van der Waals surface area (Å²) in [6, 6.07) is 9.84. The van der Waals surface area contributed by atoms with Crippen LogP contribution in [0.15, 0.2) is 47.4 Å². The van der Waals surface area contributed by atoms with E-state index in [4.69, 9.17) is 26.4 Å². The number of rotatable bonds is 7. The van der Waals surface area contributed by atoms with Gasteiger partial charge in [0.25, 0.3) is 5.91 Å². The van der Waals surface area contributed by atoms with Crippen molar-refractivity contribution in [2.24, 2.45) is 0 Å². The molecule has 5 atom stereocenters. The molecule has 0 aromatic heterocycles. The van der Waals surface area contributed by atoms with Crippen LogP contribution in [0.4, 0.5) is 5.69 Å². The van der Waals surface area contributed by atoms with Gasteiger partial charge in [0.05, 0.1) is 24.3 Å². The molecule has 2 heterocycles. The van der Waals surface area contributed by atoms with Gasteiger partial charge in [-0.1, -0.05) is 30.0 Å². The number of phenols is 1. The lowest BCUT2D eigenvalue weighted by Gasteiger charge is -2.42. The molecular formula is C25H26N2O9S2. The predicted octanol–water partition coefficient (Wildman–Crippen LogP) is 1.13. The molecule has 202 valence electrons. The summed E-state index contributed by atoms with van der Waals surface area (Å²) < 4.78 is 17.3. The first-order valence-electron chi connectivity index (χ1n) is 11.4. The van der Waals surface area contributed by atoms with Crippen LogP contribution in [0.1, 0.15) is 12.5 Å².